The minimum Gasteiger partial charge on any atom is -0.462 e. The van der Waals surface area contributed by atoms with E-state index in [2.05, 4.69) is 34.6 Å². The Bertz CT molecular complexity index is 1090. The van der Waals surface area contributed by atoms with Gasteiger partial charge in [0.1, 0.15) is 13.2 Å². The third-order valence-electron chi connectivity index (χ3n) is 15.3. The molecule has 0 aromatic carbocycles. The number of carbonyl (C=O) groups excluding carboxylic acids is 3. The maximum Gasteiger partial charge on any atom is 0.306 e. The first-order chi connectivity index (χ1) is 34.8. The van der Waals surface area contributed by atoms with Crippen LogP contribution in [0.4, 0.5) is 0 Å². The lowest BCUT2D eigenvalue weighted by molar-refractivity contribution is -0.167. The van der Waals surface area contributed by atoms with Crippen molar-refractivity contribution in [3.05, 3.63) is 0 Å². The summed E-state index contributed by atoms with van der Waals surface area (Å²) in [6, 6.07) is 0. The average Bonchev–Trinajstić information content (AvgIpc) is 3.36. The van der Waals surface area contributed by atoms with Gasteiger partial charge in [0.2, 0.25) is 0 Å². The molecule has 1 unspecified atom stereocenters. The van der Waals surface area contributed by atoms with Gasteiger partial charge in [-0.25, -0.2) is 0 Å². The second-order valence-corrected chi connectivity index (χ2v) is 23.1. The Labute approximate surface area is 444 Å². The van der Waals surface area contributed by atoms with E-state index < -0.39 is 6.10 Å². The normalized spacial score (nSPS) is 12.4. The van der Waals surface area contributed by atoms with Crippen LogP contribution in [0.25, 0.3) is 0 Å². The summed E-state index contributed by atoms with van der Waals surface area (Å²) in [5.41, 5.74) is 0. The van der Waals surface area contributed by atoms with E-state index in [9.17, 15) is 14.4 Å². The van der Waals surface area contributed by atoms with E-state index >= 15 is 0 Å². The van der Waals surface area contributed by atoms with Crippen LogP contribution in [0, 0.1) is 11.8 Å². The summed E-state index contributed by atoms with van der Waals surface area (Å²) < 4.78 is 17.0. The highest BCUT2D eigenvalue weighted by Crippen LogP contribution is 2.19. The molecule has 0 aliphatic carbocycles. The Balaban J connectivity index is 4.26. The number of ether oxygens (including phenoxy) is 3. The van der Waals surface area contributed by atoms with Crippen molar-refractivity contribution < 1.29 is 28.6 Å². The summed E-state index contributed by atoms with van der Waals surface area (Å²) in [6.07, 6.45) is 63.8. The van der Waals surface area contributed by atoms with Crippen LogP contribution in [0.5, 0.6) is 0 Å². The van der Waals surface area contributed by atoms with Gasteiger partial charge in [0.25, 0.3) is 0 Å². The number of esters is 3. The van der Waals surface area contributed by atoms with E-state index in [0.717, 1.165) is 69.6 Å². The first-order valence-corrected chi connectivity index (χ1v) is 32.3. The summed E-state index contributed by atoms with van der Waals surface area (Å²) in [6.45, 7) is 11.5. The molecule has 0 rings (SSSR count). The Hall–Kier alpha value is -1.59. The van der Waals surface area contributed by atoms with Gasteiger partial charge in [-0.2, -0.15) is 0 Å². The van der Waals surface area contributed by atoms with Crippen molar-refractivity contribution in [2.24, 2.45) is 11.8 Å². The molecule has 0 bridgehead atoms. The molecule has 6 heteroatoms. The molecule has 0 heterocycles. The molecule has 2 atom stereocenters. The largest absolute Gasteiger partial charge is 0.462 e. The summed E-state index contributed by atoms with van der Waals surface area (Å²) >= 11 is 0. The number of carbonyl (C=O) groups is 3. The monoisotopic (exact) mass is 1000 g/mol. The Morgan fingerprint density at radius 3 is 0.803 bits per heavy atom. The number of hydrogen-bond acceptors (Lipinski definition) is 6. The first kappa shape index (κ1) is 69.4. The second-order valence-electron chi connectivity index (χ2n) is 23.1. The molecule has 71 heavy (non-hydrogen) atoms. The highest BCUT2D eigenvalue weighted by atomic mass is 16.6. The number of hydrogen-bond donors (Lipinski definition) is 0. The minimum absolute atomic E-state index is 0.0617. The smallest absolute Gasteiger partial charge is 0.306 e. The van der Waals surface area contributed by atoms with E-state index in [-0.39, 0.29) is 31.1 Å². The number of unbranched alkanes of at least 4 members (excludes halogenated alkanes) is 43. The quantitative estimate of drug-likeness (QED) is 0.0343. The molecular weight excluding hydrogens is 877 g/mol. The average molecular weight is 1000 g/mol. The molecule has 0 aromatic rings. The van der Waals surface area contributed by atoms with E-state index in [4.69, 9.17) is 14.2 Å². The van der Waals surface area contributed by atoms with Crippen LogP contribution in [-0.4, -0.2) is 37.2 Å². The predicted molar refractivity (Wildman–Crippen MR) is 307 cm³/mol. The zero-order valence-corrected chi connectivity index (χ0v) is 48.9. The lowest BCUT2D eigenvalue weighted by atomic mass is 9.99. The van der Waals surface area contributed by atoms with Gasteiger partial charge in [-0.1, -0.05) is 330 Å². The molecule has 0 spiro atoms. The van der Waals surface area contributed by atoms with Crippen LogP contribution >= 0.6 is 0 Å². The van der Waals surface area contributed by atoms with Crippen LogP contribution in [0.15, 0.2) is 0 Å². The maximum absolute atomic E-state index is 12.9. The summed E-state index contributed by atoms with van der Waals surface area (Å²) in [7, 11) is 0. The van der Waals surface area contributed by atoms with Crippen LogP contribution < -0.4 is 0 Å². The Morgan fingerprint density at radius 1 is 0.296 bits per heavy atom. The van der Waals surface area contributed by atoms with Gasteiger partial charge in [-0.3, -0.25) is 14.4 Å². The summed E-state index contributed by atoms with van der Waals surface area (Å²) in [5, 5.41) is 0. The standard InChI is InChI=1S/C65H126O6/c1-6-8-9-10-11-12-13-14-25-30-35-40-45-50-55-63(66)69-58-62(71-65(68)57-52-47-42-37-32-27-22-21-24-29-34-39-44-49-54-61(5)7-2)59-70-64(67)56-51-46-41-36-31-26-20-18-16-15-17-19-23-28-33-38-43-48-53-60(3)4/h60-62H,6-59H2,1-5H3/t61?,62-/m0/s1. The Morgan fingerprint density at radius 2 is 0.535 bits per heavy atom. The summed E-state index contributed by atoms with van der Waals surface area (Å²) in [5.74, 6) is 0.923. The molecule has 0 aliphatic rings. The lowest BCUT2D eigenvalue weighted by Crippen LogP contribution is -2.30. The van der Waals surface area contributed by atoms with Crippen LogP contribution in [-0.2, 0) is 28.6 Å². The topological polar surface area (TPSA) is 78.9 Å². The van der Waals surface area contributed by atoms with Crippen molar-refractivity contribution in [3.8, 4) is 0 Å². The van der Waals surface area contributed by atoms with Crippen LogP contribution in [0.3, 0.4) is 0 Å². The van der Waals surface area contributed by atoms with Crippen molar-refractivity contribution in [1.29, 1.82) is 0 Å². The number of rotatable bonds is 59. The molecular formula is C65H126O6. The SMILES string of the molecule is CCCCCCCCCCCCCCCCC(=O)OC[C@@H](COC(=O)CCCCCCCCCCCCCCCCCCCCC(C)C)OC(=O)CCCCCCCCCCCCCCCCC(C)CC. The molecule has 0 fully saturated rings. The van der Waals surface area contributed by atoms with Gasteiger partial charge in [0.15, 0.2) is 6.10 Å². The van der Waals surface area contributed by atoms with Crippen molar-refractivity contribution >= 4 is 17.9 Å². The fraction of sp³-hybridized carbons (Fsp3) is 0.954. The molecule has 0 N–H and O–H groups in total. The fourth-order valence-corrected chi connectivity index (χ4v) is 10.1. The van der Waals surface area contributed by atoms with Gasteiger partial charge >= 0.3 is 17.9 Å². The molecule has 0 saturated heterocycles. The van der Waals surface area contributed by atoms with Gasteiger partial charge in [0, 0.05) is 19.3 Å². The predicted octanol–water partition coefficient (Wildman–Crippen LogP) is 21.6. The molecule has 0 aromatic heterocycles. The van der Waals surface area contributed by atoms with Crippen molar-refractivity contribution in [1.82, 2.24) is 0 Å². The second kappa shape index (κ2) is 57.7. The lowest BCUT2D eigenvalue weighted by Gasteiger charge is -2.18. The van der Waals surface area contributed by atoms with E-state index in [1.54, 1.807) is 0 Å². The zero-order chi connectivity index (χ0) is 51.8. The van der Waals surface area contributed by atoms with Crippen LogP contribution in [0.1, 0.15) is 369 Å². The van der Waals surface area contributed by atoms with E-state index in [1.165, 1.54) is 257 Å². The highest BCUT2D eigenvalue weighted by Gasteiger charge is 2.19. The molecule has 0 aliphatic heterocycles. The molecule has 6 nitrogen and oxygen atoms in total. The van der Waals surface area contributed by atoms with Crippen LogP contribution in [0.2, 0.25) is 0 Å². The van der Waals surface area contributed by atoms with Gasteiger partial charge in [0.05, 0.1) is 0 Å². The molecule has 422 valence electrons. The van der Waals surface area contributed by atoms with Crippen molar-refractivity contribution in [2.45, 2.75) is 375 Å². The third kappa shape index (κ3) is 57.5. The van der Waals surface area contributed by atoms with Gasteiger partial charge in [-0.15, -0.1) is 0 Å². The van der Waals surface area contributed by atoms with Crippen molar-refractivity contribution in [2.75, 3.05) is 13.2 Å². The molecule has 0 saturated carbocycles. The zero-order valence-electron chi connectivity index (χ0n) is 48.9. The van der Waals surface area contributed by atoms with Crippen molar-refractivity contribution in [3.63, 3.8) is 0 Å². The van der Waals surface area contributed by atoms with Gasteiger partial charge in [-0.05, 0) is 31.1 Å². The molecule has 0 amide bonds. The fourth-order valence-electron chi connectivity index (χ4n) is 10.1. The van der Waals surface area contributed by atoms with Gasteiger partial charge < -0.3 is 14.2 Å². The Kier molecular flexibility index (Phi) is 56.4. The molecule has 0 radical (unpaired) electrons. The summed E-state index contributed by atoms with van der Waals surface area (Å²) in [4.78, 5) is 38.3. The first-order valence-electron chi connectivity index (χ1n) is 32.3. The minimum atomic E-state index is -0.763. The highest BCUT2D eigenvalue weighted by molar-refractivity contribution is 5.71. The van der Waals surface area contributed by atoms with E-state index in [0.29, 0.717) is 19.3 Å². The maximum atomic E-state index is 12.9. The third-order valence-corrected chi connectivity index (χ3v) is 15.3. The van der Waals surface area contributed by atoms with E-state index in [1.807, 2.05) is 0 Å².